The third-order valence-corrected chi connectivity index (χ3v) is 6.27. The van der Waals surface area contributed by atoms with Crippen LogP contribution in [0, 0.1) is 12.7 Å². The normalized spacial score (nSPS) is 16.9. The topological polar surface area (TPSA) is 89.7 Å². The first-order valence-corrected chi connectivity index (χ1v) is 11.4. The van der Waals surface area contributed by atoms with Crippen molar-refractivity contribution in [3.63, 3.8) is 0 Å². The minimum atomic E-state index is -0.528. The van der Waals surface area contributed by atoms with Gasteiger partial charge in [0.05, 0.1) is 17.3 Å². The lowest BCUT2D eigenvalue weighted by molar-refractivity contribution is 0.174. The molecule has 0 aliphatic carbocycles. The molecule has 0 saturated heterocycles. The molecule has 180 valence electrons. The third-order valence-electron chi connectivity index (χ3n) is 6.27. The standard InChI is InChI=1S/C27H21FN4O4/c1-15-3-5-17(6-4-15)24-23(16(2)32(27(33)29-24)20-10-8-19(28)9-11-20)26-30-25(31-36-26)18-7-12-21-22(13-18)35-14-34-21/h3-13,24H,14H2,1-2H3,(H,29,33). The molecule has 0 bridgehead atoms. The van der Waals surface area contributed by atoms with E-state index in [2.05, 4.69) is 15.5 Å². The number of fused-ring (bicyclic) bond motifs is 1. The summed E-state index contributed by atoms with van der Waals surface area (Å²) in [5, 5.41) is 7.24. The minimum absolute atomic E-state index is 0.166. The average molecular weight is 484 g/mol. The summed E-state index contributed by atoms with van der Waals surface area (Å²) in [6.07, 6.45) is 0. The highest BCUT2D eigenvalue weighted by Crippen LogP contribution is 2.40. The number of aryl methyl sites for hydroxylation is 1. The number of halogens is 1. The predicted molar refractivity (Wildman–Crippen MR) is 130 cm³/mol. The van der Waals surface area contributed by atoms with Gasteiger partial charge in [-0.15, -0.1) is 0 Å². The van der Waals surface area contributed by atoms with E-state index in [1.807, 2.05) is 44.2 Å². The van der Waals surface area contributed by atoms with Crippen molar-refractivity contribution in [3.8, 4) is 22.9 Å². The number of carbonyl (C=O) groups excluding carboxylic acids is 1. The maximum atomic E-state index is 13.6. The van der Waals surface area contributed by atoms with Crippen molar-refractivity contribution in [1.29, 1.82) is 0 Å². The smallest absolute Gasteiger partial charge is 0.326 e. The van der Waals surface area contributed by atoms with Crippen molar-refractivity contribution in [2.75, 3.05) is 11.7 Å². The Kier molecular flexibility index (Phi) is 5.18. The molecule has 36 heavy (non-hydrogen) atoms. The van der Waals surface area contributed by atoms with Crippen LogP contribution in [0.3, 0.4) is 0 Å². The summed E-state index contributed by atoms with van der Waals surface area (Å²) < 4.78 is 30.2. The van der Waals surface area contributed by atoms with Crippen molar-refractivity contribution in [2.45, 2.75) is 19.9 Å². The molecule has 1 N–H and O–H groups in total. The fourth-order valence-electron chi connectivity index (χ4n) is 4.42. The van der Waals surface area contributed by atoms with Crippen molar-refractivity contribution in [3.05, 3.63) is 95.3 Å². The number of hydrogen-bond acceptors (Lipinski definition) is 6. The zero-order valence-corrected chi connectivity index (χ0v) is 19.5. The Hall–Kier alpha value is -4.66. The van der Waals surface area contributed by atoms with Crippen LogP contribution in [0.1, 0.15) is 30.0 Å². The van der Waals surface area contributed by atoms with Gasteiger partial charge in [0.25, 0.3) is 5.89 Å². The SMILES string of the molecule is CC1=C(c2nc(-c3ccc4c(c3)OCO4)no2)C(c2ccc(C)cc2)NC(=O)N1c1ccc(F)cc1. The van der Waals surface area contributed by atoms with Gasteiger partial charge >= 0.3 is 6.03 Å². The van der Waals surface area contributed by atoms with Crippen LogP contribution in [0.4, 0.5) is 14.9 Å². The van der Waals surface area contributed by atoms with Gasteiger partial charge in [0.15, 0.2) is 11.5 Å². The molecule has 2 aliphatic rings. The molecule has 4 aromatic rings. The molecule has 0 fully saturated rings. The molecule has 0 saturated carbocycles. The Balaban J connectivity index is 1.46. The van der Waals surface area contributed by atoms with E-state index >= 15 is 0 Å². The van der Waals surface area contributed by atoms with Crippen molar-refractivity contribution in [1.82, 2.24) is 15.5 Å². The molecule has 2 amide bonds. The van der Waals surface area contributed by atoms with E-state index < -0.39 is 6.04 Å². The number of anilines is 1. The molecule has 0 spiro atoms. The Labute approximate surface area is 206 Å². The summed E-state index contributed by atoms with van der Waals surface area (Å²) in [6.45, 7) is 3.97. The lowest BCUT2D eigenvalue weighted by Crippen LogP contribution is -2.46. The van der Waals surface area contributed by atoms with E-state index in [0.29, 0.717) is 39.8 Å². The van der Waals surface area contributed by atoms with Crippen molar-refractivity contribution in [2.24, 2.45) is 0 Å². The number of carbonyl (C=O) groups is 1. The summed E-state index contributed by atoms with van der Waals surface area (Å²) in [6, 6.07) is 18.1. The van der Waals surface area contributed by atoms with Crippen LogP contribution in [0.15, 0.2) is 77.0 Å². The first kappa shape index (κ1) is 21.8. The molecule has 3 heterocycles. The predicted octanol–water partition coefficient (Wildman–Crippen LogP) is 5.61. The zero-order valence-electron chi connectivity index (χ0n) is 19.5. The molecular weight excluding hydrogens is 463 g/mol. The van der Waals surface area contributed by atoms with E-state index in [-0.39, 0.29) is 24.5 Å². The minimum Gasteiger partial charge on any atom is -0.454 e. The highest BCUT2D eigenvalue weighted by Gasteiger charge is 2.36. The second kappa shape index (κ2) is 8.53. The number of urea groups is 1. The Morgan fingerprint density at radius 1 is 0.972 bits per heavy atom. The van der Waals surface area contributed by atoms with Crippen molar-refractivity contribution < 1.29 is 23.2 Å². The molecule has 0 radical (unpaired) electrons. The Morgan fingerprint density at radius 3 is 2.50 bits per heavy atom. The maximum absolute atomic E-state index is 13.6. The van der Waals surface area contributed by atoms with E-state index in [1.54, 1.807) is 24.3 Å². The number of ether oxygens (including phenoxy) is 2. The lowest BCUT2D eigenvalue weighted by atomic mass is 9.94. The molecule has 3 aromatic carbocycles. The van der Waals surface area contributed by atoms with Crippen LogP contribution in [0.2, 0.25) is 0 Å². The van der Waals surface area contributed by atoms with Crippen LogP contribution in [0.5, 0.6) is 11.5 Å². The first-order chi connectivity index (χ1) is 17.5. The van der Waals surface area contributed by atoms with Gasteiger partial charge in [-0.2, -0.15) is 4.98 Å². The highest BCUT2D eigenvalue weighted by molar-refractivity contribution is 6.01. The van der Waals surface area contributed by atoms with Gasteiger partial charge in [0, 0.05) is 11.3 Å². The number of nitrogens with one attached hydrogen (secondary N) is 1. The summed E-state index contributed by atoms with van der Waals surface area (Å²) in [5.41, 5.74) is 4.42. The molecule has 8 nitrogen and oxygen atoms in total. The van der Waals surface area contributed by atoms with Gasteiger partial charge < -0.3 is 19.3 Å². The van der Waals surface area contributed by atoms with Gasteiger partial charge in [-0.25, -0.2) is 9.18 Å². The average Bonchev–Trinajstić information content (AvgIpc) is 3.55. The molecule has 2 aliphatic heterocycles. The lowest BCUT2D eigenvalue weighted by Gasteiger charge is -2.35. The second-order valence-corrected chi connectivity index (χ2v) is 8.60. The van der Waals surface area contributed by atoms with Gasteiger partial charge in [0.1, 0.15) is 5.82 Å². The Morgan fingerprint density at radius 2 is 1.72 bits per heavy atom. The van der Waals surface area contributed by atoms with Gasteiger partial charge in [-0.1, -0.05) is 35.0 Å². The quantitative estimate of drug-likeness (QED) is 0.405. The number of aromatic nitrogens is 2. The number of amides is 2. The number of nitrogens with zero attached hydrogens (tertiary/aromatic N) is 3. The molecule has 1 aromatic heterocycles. The highest BCUT2D eigenvalue weighted by atomic mass is 19.1. The summed E-state index contributed by atoms with van der Waals surface area (Å²) in [4.78, 5) is 19.4. The van der Waals surface area contributed by atoms with Crippen LogP contribution in [-0.4, -0.2) is 23.0 Å². The van der Waals surface area contributed by atoms with Crippen LogP contribution < -0.4 is 19.7 Å². The molecule has 1 atom stereocenters. The monoisotopic (exact) mass is 484 g/mol. The summed E-state index contributed by atoms with van der Waals surface area (Å²) in [5.74, 6) is 1.51. The van der Waals surface area contributed by atoms with E-state index in [1.165, 1.54) is 17.0 Å². The number of hydrogen-bond donors (Lipinski definition) is 1. The van der Waals surface area contributed by atoms with E-state index in [9.17, 15) is 9.18 Å². The molecule has 1 unspecified atom stereocenters. The molecular formula is C27H21FN4O4. The maximum Gasteiger partial charge on any atom is 0.326 e. The van der Waals surface area contributed by atoms with E-state index in [0.717, 1.165) is 11.1 Å². The van der Waals surface area contributed by atoms with Gasteiger partial charge in [0.2, 0.25) is 12.6 Å². The van der Waals surface area contributed by atoms with Crippen LogP contribution in [-0.2, 0) is 0 Å². The summed E-state index contributed by atoms with van der Waals surface area (Å²) in [7, 11) is 0. The second-order valence-electron chi connectivity index (χ2n) is 8.60. The number of benzene rings is 3. The van der Waals surface area contributed by atoms with E-state index in [4.69, 9.17) is 14.0 Å². The molecule has 6 rings (SSSR count). The zero-order chi connectivity index (χ0) is 24.8. The van der Waals surface area contributed by atoms with Gasteiger partial charge in [-0.3, -0.25) is 4.90 Å². The number of rotatable bonds is 4. The van der Waals surface area contributed by atoms with Crippen LogP contribution in [0.25, 0.3) is 17.0 Å². The Bertz CT molecular complexity index is 1500. The van der Waals surface area contributed by atoms with Crippen molar-refractivity contribution >= 4 is 17.3 Å². The first-order valence-electron chi connectivity index (χ1n) is 11.4. The number of allylic oxidation sites excluding steroid dienone is 1. The molecule has 9 heteroatoms. The van der Waals surface area contributed by atoms with Crippen LogP contribution >= 0.6 is 0 Å². The summed E-state index contributed by atoms with van der Waals surface area (Å²) >= 11 is 0. The fraction of sp³-hybridized carbons (Fsp3) is 0.148. The largest absolute Gasteiger partial charge is 0.454 e. The fourth-order valence-corrected chi connectivity index (χ4v) is 4.42. The third kappa shape index (κ3) is 3.74. The van der Waals surface area contributed by atoms with Gasteiger partial charge in [-0.05, 0) is 61.9 Å².